The molecule has 5 aromatic rings. The molecule has 32 heavy (non-hydrogen) atoms. The number of imidazole rings is 1. The SMILES string of the molecule is CC(C)c1cc(C(C)C)c2c(c1-n1ccnc1-c1[c-]cccc1)c1ccccc1n2C.[Ir]. The number of para-hydroxylation sites is 1. The molecular formula is C28H28IrN3-. The van der Waals surface area contributed by atoms with Crippen LogP contribution >= 0.6 is 0 Å². The van der Waals surface area contributed by atoms with Crippen LogP contribution in [0.15, 0.2) is 67.0 Å². The van der Waals surface area contributed by atoms with Crippen molar-refractivity contribution in [2.24, 2.45) is 7.05 Å². The van der Waals surface area contributed by atoms with Gasteiger partial charge in [0.2, 0.25) is 0 Å². The van der Waals surface area contributed by atoms with Gasteiger partial charge in [0.15, 0.2) is 0 Å². The van der Waals surface area contributed by atoms with Gasteiger partial charge in [-0.15, -0.1) is 35.9 Å². The number of fused-ring (bicyclic) bond motifs is 3. The average Bonchev–Trinajstić information content (AvgIpc) is 3.37. The summed E-state index contributed by atoms with van der Waals surface area (Å²) in [4.78, 5) is 4.74. The molecule has 4 heteroatoms. The van der Waals surface area contributed by atoms with Gasteiger partial charge in [0, 0.05) is 55.8 Å². The Labute approximate surface area is 203 Å². The Bertz CT molecular complexity index is 1390. The van der Waals surface area contributed by atoms with Crippen LogP contribution in [-0.4, -0.2) is 14.1 Å². The van der Waals surface area contributed by atoms with Crippen LogP contribution in [0.2, 0.25) is 0 Å². The second-order valence-corrected chi connectivity index (χ2v) is 8.91. The molecule has 0 N–H and O–H groups in total. The first-order chi connectivity index (χ1) is 15.0. The second-order valence-electron chi connectivity index (χ2n) is 8.91. The fraction of sp³-hybridized carbons (Fsp3) is 0.250. The van der Waals surface area contributed by atoms with E-state index >= 15 is 0 Å². The van der Waals surface area contributed by atoms with Gasteiger partial charge in [-0.1, -0.05) is 52.0 Å². The van der Waals surface area contributed by atoms with E-state index in [2.05, 4.69) is 92.5 Å². The summed E-state index contributed by atoms with van der Waals surface area (Å²) in [5.41, 5.74) is 7.55. The third-order valence-electron chi connectivity index (χ3n) is 6.28. The molecular weight excluding hydrogens is 571 g/mol. The van der Waals surface area contributed by atoms with E-state index in [0.29, 0.717) is 11.8 Å². The van der Waals surface area contributed by atoms with Gasteiger partial charge in [-0.3, -0.25) is 4.98 Å². The summed E-state index contributed by atoms with van der Waals surface area (Å²) in [6, 6.07) is 22.6. The summed E-state index contributed by atoms with van der Waals surface area (Å²) in [7, 11) is 2.19. The molecule has 0 spiro atoms. The van der Waals surface area contributed by atoms with E-state index in [-0.39, 0.29) is 20.1 Å². The third kappa shape index (κ3) is 3.43. The molecule has 3 nitrogen and oxygen atoms in total. The second kappa shape index (κ2) is 8.69. The minimum atomic E-state index is 0. The van der Waals surface area contributed by atoms with E-state index in [4.69, 9.17) is 4.98 Å². The van der Waals surface area contributed by atoms with Crippen LogP contribution in [0, 0.1) is 6.07 Å². The van der Waals surface area contributed by atoms with E-state index < -0.39 is 0 Å². The molecule has 0 amide bonds. The number of benzene rings is 3. The molecule has 3 aromatic carbocycles. The maximum atomic E-state index is 4.74. The smallest absolute Gasteiger partial charge is 0.0602 e. The van der Waals surface area contributed by atoms with Gasteiger partial charge in [-0.2, -0.15) is 0 Å². The molecule has 0 aliphatic rings. The number of aromatic nitrogens is 3. The van der Waals surface area contributed by atoms with Crippen LogP contribution in [0.1, 0.15) is 50.7 Å². The van der Waals surface area contributed by atoms with Gasteiger partial charge in [-0.25, -0.2) is 0 Å². The Hall–Kier alpha value is -2.68. The topological polar surface area (TPSA) is 22.8 Å². The van der Waals surface area contributed by atoms with Gasteiger partial charge in [-0.05, 0) is 29.0 Å². The zero-order valence-corrected chi connectivity index (χ0v) is 21.6. The Morgan fingerprint density at radius 2 is 1.62 bits per heavy atom. The average molecular weight is 599 g/mol. The molecule has 0 atom stereocenters. The quantitative estimate of drug-likeness (QED) is 0.200. The number of hydrogen-bond donors (Lipinski definition) is 0. The van der Waals surface area contributed by atoms with Gasteiger partial charge in [0.1, 0.15) is 0 Å². The van der Waals surface area contributed by atoms with E-state index in [9.17, 15) is 0 Å². The number of nitrogens with zero attached hydrogens (tertiary/aromatic N) is 3. The molecule has 0 unspecified atom stereocenters. The maximum Gasteiger partial charge on any atom is 0.0602 e. The predicted octanol–water partition coefficient (Wildman–Crippen LogP) is 7.23. The van der Waals surface area contributed by atoms with Gasteiger partial charge < -0.3 is 9.13 Å². The molecule has 0 saturated heterocycles. The molecule has 0 fully saturated rings. The minimum Gasteiger partial charge on any atom is -0.343 e. The van der Waals surface area contributed by atoms with Crippen molar-refractivity contribution in [2.45, 2.75) is 39.5 Å². The maximum absolute atomic E-state index is 4.74. The summed E-state index contributed by atoms with van der Waals surface area (Å²) in [6.07, 6.45) is 3.99. The Kier molecular flexibility index (Phi) is 6.11. The van der Waals surface area contributed by atoms with Crippen molar-refractivity contribution in [1.82, 2.24) is 14.1 Å². The van der Waals surface area contributed by atoms with Gasteiger partial charge in [0.25, 0.3) is 0 Å². The molecule has 2 aromatic heterocycles. The number of hydrogen-bond acceptors (Lipinski definition) is 1. The molecule has 0 bridgehead atoms. The Morgan fingerprint density at radius 1 is 0.906 bits per heavy atom. The molecule has 0 saturated carbocycles. The summed E-state index contributed by atoms with van der Waals surface area (Å²) in [6.45, 7) is 9.14. The standard InChI is InChI=1S/C28H28N3.Ir/c1-18(2)22-17-23(19(3)4)27(25-21-13-9-10-14-24(21)30(5)26(22)25)31-16-15-29-28(31)20-11-7-6-8-12-20;/h6-11,13-19H,1-5H3;/q-1;. The zero-order chi connectivity index (χ0) is 21.7. The van der Waals surface area contributed by atoms with Crippen molar-refractivity contribution >= 4 is 21.8 Å². The van der Waals surface area contributed by atoms with Crippen molar-refractivity contribution in [3.8, 4) is 17.1 Å². The first-order valence-corrected chi connectivity index (χ1v) is 11.0. The summed E-state index contributed by atoms with van der Waals surface area (Å²) in [5, 5.41) is 2.60. The van der Waals surface area contributed by atoms with Crippen LogP contribution in [0.4, 0.5) is 0 Å². The van der Waals surface area contributed by atoms with Crippen molar-refractivity contribution < 1.29 is 20.1 Å². The van der Waals surface area contributed by atoms with Crippen molar-refractivity contribution in [1.29, 1.82) is 0 Å². The van der Waals surface area contributed by atoms with Crippen molar-refractivity contribution in [3.63, 3.8) is 0 Å². The molecule has 5 rings (SSSR count). The van der Waals surface area contributed by atoms with Gasteiger partial charge >= 0.3 is 0 Å². The molecule has 1 radical (unpaired) electrons. The molecule has 165 valence electrons. The van der Waals surface area contributed by atoms with Crippen molar-refractivity contribution in [3.05, 3.63) is 84.2 Å². The van der Waals surface area contributed by atoms with Crippen LogP contribution in [0.25, 0.3) is 38.9 Å². The minimum absolute atomic E-state index is 0. The number of rotatable bonds is 4. The van der Waals surface area contributed by atoms with E-state index in [1.807, 2.05) is 24.4 Å². The summed E-state index contributed by atoms with van der Waals surface area (Å²) < 4.78 is 4.62. The molecule has 0 aliphatic heterocycles. The fourth-order valence-corrected chi connectivity index (χ4v) is 4.77. The predicted molar refractivity (Wildman–Crippen MR) is 130 cm³/mol. The van der Waals surface area contributed by atoms with E-state index in [1.165, 1.54) is 38.6 Å². The zero-order valence-electron chi connectivity index (χ0n) is 19.2. The fourth-order valence-electron chi connectivity index (χ4n) is 4.77. The summed E-state index contributed by atoms with van der Waals surface area (Å²) >= 11 is 0. The molecule has 2 heterocycles. The number of aryl methyl sites for hydroxylation is 1. The third-order valence-corrected chi connectivity index (χ3v) is 6.28. The van der Waals surface area contributed by atoms with Crippen LogP contribution in [-0.2, 0) is 27.2 Å². The van der Waals surface area contributed by atoms with E-state index in [1.54, 1.807) is 0 Å². The van der Waals surface area contributed by atoms with Crippen molar-refractivity contribution in [2.75, 3.05) is 0 Å². The Morgan fingerprint density at radius 3 is 2.31 bits per heavy atom. The van der Waals surface area contributed by atoms with E-state index in [0.717, 1.165) is 11.4 Å². The monoisotopic (exact) mass is 599 g/mol. The Balaban J connectivity index is 0.00000245. The van der Waals surface area contributed by atoms with Crippen LogP contribution < -0.4 is 0 Å². The first-order valence-electron chi connectivity index (χ1n) is 11.0. The normalized spacial score (nSPS) is 11.6. The first kappa shape index (κ1) is 22.5. The largest absolute Gasteiger partial charge is 0.343 e. The summed E-state index contributed by atoms with van der Waals surface area (Å²) in [5.74, 6) is 1.74. The van der Waals surface area contributed by atoms with Gasteiger partial charge in [0.05, 0.1) is 17.0 Å². The van der Waals surface area contributed by atoms with Crippen LogP contribution in [0.3, 0.4) is 0 Å². The molecule has 0 aliphatic carbocycles. The van der Waals surface area contributed by atoms with Crippen LogP contribution in [0.5, 0.6) is 0 Å².